The molecule has 9 heteroatoms. The van der Waals surface area contributed by atoms with Crippen LogP contribution in [0.25, 0.3) is 0 Å². The fourth-order valence-corrected chi connectivity index (χ4v) is 5.67. The zero-order valence-electron chi connectivity index (χ0n) is 19.4. The first-order valence-electron chi connectivity index (χ1n) is 11.0. The minimum absolute atomic E-state index is 0.222. The number of methoxy groups -OCH3 is 1. The lowest BCUT2D eigenvalue weighted by atomic mass is 9.62. The van der Waals surface area contributed by atoms with Gasteiger partial charge in [0.05, 0.1) is 7.11 Å². The number of allylic oxidation sites excluding steroid dienone is 3. The lowest BCUT2D eigenvalue weighted by Crippen LogP contribution is -2.65. The Kier molecular flexibility index (Phi) is 6.83. The van der Waals surface area contributed by atoms with Crippen molar-refractivity contribution in [3.63, 3.8) is 0 Å². The number of aliphatic hydroxyl groups is 1. The van der Waals surface area contributed by atoms with Crippen molar-refractivity contribution in [2.45, 2.75) is 64.1 Å². The van der Waals surface area contributed by atoms with Gasteiger partial charge in [0.1, 0.15) is 23.3 Å². The van der Waals surface area contributed by atoms with Gasteiger partial charge < -0.3 is 24.6 Å². The van der Waals surface area contributed by atoms with Crippen LogP contribution in [0, 0.1) is 11.3 Å². The highest BCUT2D eigenvalue weighted by atomic mass is 16.6. The van der Waals surface area contributed by atoms with E-state index in [0.29, 0.717) is 36.8 Å². The molecule has 0 radical (unpaired) electrons. The van der Waals surface area contributed by atoms with Gasteiger partial charge in [-0.25, -0.2) is 4.79 Å². The van der Waals surface area contributed by atoms with Crippen molar-refractivity contribution in [3.05, 3.63) is 35.5 Å². The summed E-state index contributed by atoms with van der Waals surface area (Å²) in [4.78, 5) is 49.8. The fraction of sp³-hybridized carbons (Fsp3) is 0.583. The third-order valence-electron chi connectivity index (χ3n) is 7.24. The maximum Gasteiger partial charge on any atom is 0.333 e. The molecule has 2 bridgehead atoms. The average Bonchev–Trinajstić information content (AvgIpc) is 2.90. The molecule has 33 heavy (non-hydrogen) atoms. The van der Waals surface area contributed by atoms with Crippen LogP contribution in [-0.4, -0.2) is 54.0 Å². The van der Waals surface area contributed by atoms with Crippen molar-refractivity contribution in [2.75, 3.05) is 13.8 Å². The van der Waals surface area contributed by atoms with E-state index in [-0.39, 0.29) is 12.3 Å². The van der Waals surface area contributed by atoms with Crippen molar-refractivity contribution in [3.8, 4) is 0 Å². The molecule has 1 saturated carbocycles. The SMILES string of the molecule is COC(=O)C1=CC[C@@]23CC[C@@H]([C@@](C)(/C=C/C=C(\C)C(=O)NCO)OC2=O)[C@@]3(OC(C)=O)CC1. The van der Waals surface area contributed by atoms with E-state index >= 15 is 0 Å². The van der Waals surface area contributed by atoms with Crippen LogP contribution in [-0.2, 0) is 33.4 Å². The standard InChI is InChI=1S/C24H31NO8/c1-15(19(28)25-14-26)6-5-10-22(3)18-9-12-23(21(30)33-22)11-7-17(20(29)31-4)8-13-24(18,23)32-16(2)27/h5-7,10,18,26H,8-9,11-14H2,1-4H3,(H,25,28)/b10-5+,15-6+/t18-,22+,23+,24-/m0/s1. The Morgan fingerprint density at radius 1 is 1.30 bits per heavy atom. The number of nitrogens with one attached hydrogen (secondary N) is 1. The highest BCUT2D eigenvalue weighted by Crippen LogP contribution is 2.65. The molecule has 2 aliphatic carbocycles. The van der Waals surface area contributed by atoms with E-state index < -0.39 is 47.2 Å². The van der Waals surface area contributed by atoms with E-state index in [9.17, 15) is 19.2 Å². The molecular formula is C24H31NO8. The van der Waals surface area contributed by atoms with Crippen molar-refractivity contribution in [1.82, 2.24) is 5.32 Å². The molecule has 0 spiro atoms. The number of hydrogen-bond acceptors (Lipinski definition) is 8. The van der Waals surface area contributed by atoms with Crippen LogP contribution in [0.3, 0.4) is 0 Å². The molecule has 1 heterocycles. The number of hydrogen-bond donors (Lipinski definition) is 2. The first-order chi connectivity index (χ1) is 15.5. The van der Waals surface area contributed by atoms with E-state index in [1.165, 1.54) is 14.0 Å². The van der Waals surface area contributed by atoms with E-state index in [1.54, 1.807) is 38.2 Å². The summed E-state index contributed by atoms with van der Waals surface area (Å²) in [5.41, 5.74) is -2.47. The first-order valence-corrected chi connectivity index (χ1v) is 11.0. The van der Waals surface area contributed by atoms with Crippen molar-refractivity contribution < 1.29 is 38.5 Å². The molecule has 3 aliphatic rings. The van der Waals surface area contributed by atoms with E-state index in [2.05, 4.69) is 5.32 Å². The van der Waals surface area contributed by atoms with Gasteiger partial charge in [-0.2, -0.15) is 0 Å². The maximum atomic E-state index is 13.5. The Morgan fingerprint density at radius 3 is 2.67 bits per heavy atom. The molecule has 1 amide bonds. The average molecular weight is 462 g/mol. The third-order valence-corrected chi connectivity index (χ3v) is 7.24. The topological polar surface area (TPSA) is 128 Å². The second-order valence-corrected chi connectivity index (χ2v) is 9.03. The zero-order valence-corrected chi connectivity index (χ0v) is 19.4. The number of amides is 1. The summed E-state index contributed by atoms with van der Waals surface area (Å²) in [6, 6.07) is 0. The van der Waals surface area contributed by atoms with Crippen LogP contribution in [0.1, 0.15) is 52.9 Å². The van der Waals surface area contributed by atoms with Gasteiger partial charge >= 0.3 is 17.9 Å². The molecule has 2 fully saturated rings. The van der Waals surface area contributed by atoms with E-state index in [1.807, 2.05) is 0 Å². The van der Waals surface area contributed by atoms with Gasteiger partial charge in [0.25, 0.3) is 0 Å². The van der Waals surface area contributed by atoms with Crippen LogP contribution in [0.15, 0.2) is 35.5 Å². The van der Waals surface area contributed by atoms with Gasteiger partial charge in [0, 0.05) is 24.0 Å². The third kappa shape index (κ3) is 4.10. The van der Waals surface area contributed by atoms with Gasteiger partial charge in [-0.15, -0.1) is 0 Å². The summed E-state index contributed by atoms with van der Waals surface area (Å²) in [7, 11) is 1.31. The molecule has 180 valence electrons. The molecule has 1 aliphatic heterocycles. The summed E-state index contributed by atoms with van der Waals surface area (Å²) < 4.78 is 16.8. The predicted molar refractivity (Wildman–Crippen MR) is 116 cm³/mol. The Labute approximate surface area is 192 Å². The summed E-state index contributed by atoms with van der Waals surface area (Å²) >= 11 is 0. The monoisotopic (exact) mass is 461 g/mol. The van der Waals surface area contributed by atoms with Crippen LogP contribution in [0.5, 0.6) is 0 Å². The molecule has 0 unspecified atom stereocenters. The van der Waals surface area contributed by atoms with Gasteiger partial charge in [-0.05, 0) is 52.0 Å². The molecule has 3 rings (SSSR count). The van der Waals surface area contributed by atoms with Gasteiger partial charge in [0.15, 0.2) is 0 Å². The minimum atomic E-state index is -1.13. The Bertz CT molecular complexity index is 950. The number of carbonyl (C=O) groups excluding carboxylic acids is 4. The smallest absolute Gasteiger partial charge is 0.333 e. The summed E-state index contributed by atoms with van der Waals surface area (Å²) in [6.45, 7) is 4.21. The van der Waals surface area contributed by atoms with Crippen LogP contribution in [0.4, 0.5) is 0 Å². The summed E-state index contributed by atoms with van der Waals surface area (Å²) in [5.74, 6) is -2.18. The highest BCUT2D eigenvalue weighted by molar-refractivity contribution is 5.93. The molecule has 1 saturated heterocycles. The Hall–Kier alpha value is -2.94. The maximum absolute atomic E-state index is 13.5. The molecule has 2 N–H and O–H groups in total. The van der Waals surface area contributed by atoms with Gasteiger partial charge in [0.2, 0.25) is 5.91 Å². The number of carbonyl (C=O) groups is 4. The van der Waals surface area contributed by atoms with E-state index in [0.717, 1.165) is 0 Å². The van der Waals surface area contributed by atoms with Crippen molar-refractivity contribution in [1.29, 1.82) is 0 Å². The van der Waals surface area contributed by atoms with Crippen LogP contribution >= 0.6 is 0 Å². The quantitative estimate of drug-likeness (QED) is 0.202. The molecule has 9 nitrogen and oxygen atoms in total. The number of esters is 3. The van der Waals surface area contributed by atoms with E-state index in [4.69, 9.17) is 19.3 Å². The second kappa shape index (κ2) is 9.13. The molecule has 0 aromatic rings. The largest absolute Gasteiger partial charge is 0.466 e. The van der Waals surface area contributed by atoms with Crippen molar-refractivity contribution in [2.24, 2.45) is 11.3 Å². The van der Waals surface area contributed by atoms with Crippen LogP contribution < -0.4 is 5.32 Å². The Morgan fingerprint density at radius 2 is 2.03 bits per heavy atom. The fourth-order valence-electron chi connectivity index (χ4n) is 5.67. The molecule has 4 atom stereocenters. The normalized spacial score (nSPS) is 33.5. The molecule has 0 aromatic heterocycles. The molecule has 0 aromatic carbocycles. The Balaban J connectivity index is 2.01. The lowest BCUT2D eigenvalue weighted by molar-refractivity contribution is -0.235. The summed E-state index contributed by atoms with van der Waals surface area (Å²) in [6.07, 6.45) is 8.48. The lowest BCUT2D eigenvalue weighted by Gasteiger charge is -2.54. The van der Waals surface area contributed by atoms with Gasteiger partial charge in [-0.1, -0.05) is 18.2 Å². The predicted octanol–water partition coefficient (Wildman–Crippen LogP) is 1.85. The summed E-state index contributed by atoms with van der Waals surface area (Å²) in [5, 5.41) is 11.1. The number of rotatable bonds is 6. The number of cyclic esters (lactones) is 1. The zero-order chi connectivity index (χ0) is 24.4. The first kappa shape index (κ1) is 24.7. The van der Waals surface area contributed by atoms with Crippen molar-refractivity contribution >= 4 is 23.8 Å². The molecular weight excluding hydrogens is 430 g/mol. The number of ether oxygens (including phenoxy) is 3. The second-order valence-electron chi connectivity index (χ2n) is 9.03. The minimum Gasteiger partial charge on any atom is -0.466 e. The number of aliphatic hydroxyl groups excluding tert-OH is 1. The highest BCUT2D eigenvalue weighted by Gasteiger charge is 2.74. The van der Waals surface area contributed by atoms with Crippen LogP contribution in [0.2, 0.25) is 0 Å². The van der Waals surface area contributed by atoms with Gasteiger partial charge in [-0.3, -0.25) is 14.4 Å².